The number of hydrogen-bond donors (Lipinski definition) is 0. The van der Waals surface area contributed by atoms with E-state index in [1.165, 1.54) is 0 Å². The second-order valence-corrected chi connectivity index (χ2v) is 9.59. The van der Waals surface area contributed by atoms with Gasteiger partial charge in [0.2, 0.25) is 0 Å². The Kier molecular flexibility index (Phi) is 7.70. The van der Waals surface area contributed by atoms with Gasteiger partial charge in [-0.3, -0.25) is 9.59 Å². The van der Waals surface area contributed by atoms with Crippen molar-refractivity contribution >= 4 is 17.1 Å². The fraction of sp³-hybridized carbons (Fsp3) is 0.111. The van der Waals surface area contributed by atoms with Crippen molar-refractivity contribution in [2.24, 2.45) is 17.8 Å². The Labute approximate surface area is 224 Å². The van der Waals surface area contributed by atoms with Gasteiger partial charge in [0.1, 0.15) is 0 Å². The monoisotopic (exact) mass is 494 g/mol. The van der Waals surface area contributed by atoms with Gasteiger partial charge in [-0.2, -0.15) is 0 Å². The molecule has 1 unspecified atom stereocenters. The molecule has 0 saturated heterocycles. The second kappa shape index (κ2) is 11.7. The normalized spacial score (nSPS) is 16.6. The summed E-state index contributed by atoms with van der Waals surface area (Å²) in [7, 11) is 0. The minimum atomic E-state index is -0.465. The molecule has 0 fully saturated rings. The predicted molar refractivity (Wildman–Crippen MR) is 156 cm³/mol. The Morgan fingerprint density at radius 2 is 1.05 bits per heavy atom. The summed E-state index contributed by atoms with van der Waals surface area (Å²) in [5.74, 6) is -0.732. The molecule has 3 aromatic carbocycles. The van der Waals surface area contributed by atoms with E-state index < -0.39 is 5.92 Å². The second-order valence-electron chi connectivity index (χ2n) is 9.59. The Bertz CT molecular complexity index is 1460. The fourth-order valence-corrected chi connectivity index (χ4v) is 5.20. The summed E-state index contributed by atoms with van der Waals surface area (Å²) in [6.07, 6.45) is 18.4. The van der Waals surface area contributed by atoms with Gasteiger partial charge in [0.15, 0.2) is 11.6 Å². The molecule has 2 aliphatic carbocycles. The number of ketones is 2. The maximum atomic E-state index is 14.4. The van der Waals surface area contributed by atoms with Crippen molar-refractivity contribution < 1.29 is 9.59 Å². The van der Waals surface area contributed by atoms with E-state index in [9.17, 15) is 9.59 Å². The first kappa shape index (κ1) is 25.1. The summed E-state index contributed by atoms with van der Waals surface area (Å²) in [4.78, 5) is 28.6. The summed E-state index contributed by atoms with van der Waals surface area (Å²) in [5.41, 5.74) is 4.35. The van der Waals surface area contributed by atoms with Crippen LogP contribution in [0.5, 0.6) is 0 Å². The molecule has 0 aromatic heterocycles. The van der Waals surface area contributed by atoms with Crippen molar-refractivity contribution in [1.29, 1.82) is 0 Å². The Morgan fingerprint density at radius 3 is 1.58 bits per heavy atom. The minimum absolute atomic E-state index is 0.0142. The third-order valence-electron chi connectivity index (χ3n) is 7.15. The van der Waals surface area contributed by atoms with Crippen LogP contribution < -0.4 is 0 Å². The number of rotatable bonds is 9. The lowest BCUT2D eigenvalue weighted by atomic mass is 9.72. The van der Waals surface area contributed by atoms with Gasteiger partial charge < -0.3 is 0 Å². The third kappa shape index (κ3) is 5.40. The largest absolute Gasteiger partial charge is 0.289 e. The zero-order chi connectivity index (χ0) is 26.3. The molecule has 2 nitrogen and oxygen atoms in total. The van der Waals surface area contributed by atoms with E-state index in [-0.39, 0.29) is 23.4 Å². The van der Waals surface area contributed by atoms with E-state index >= 15 is 0 Å². The molecule has 0 N–H and O–H groups in total. The molecule has 0 radical (unpaired) electrons. The van der Waals surface area contributed by atoms with Crippen LogP contribution in [0, 0.1) is 17.8 Å². The molecule has 0 spiro atoms. The van der Waals surface area contributed by atoms with Crippen molar-refractivity contribution in [1.82, 2.24) is 0 Å². The van der Waals surface area contributed by atoms with Gasteiger partial charge in [0, 0.05) is 40.0 Å². The number of Topliss-reactive ketones (excluding diaryl/α,β-unsaturated/α-hetero) is 2. The predicted octanol–water partition coefficient (Wildman–Crippen LogP) is 8.25. The highest BCUT2D eigenvalue weighted by atomic mass is 16.1. The Balaban J connectivity index is 1.77. The topological polar surface area (TPSA) is 34.1 Å². The first-order chi connectivity index (χ1) is 18.6. The molecule has 3 aromatic rings. The number of carbonyl (C=O) groups excluding carboxylic acids is 2. The van der Waals surface area contributed by atoms with Crippen molar-refractivity contribution in [2.75, 3.05) is 0 Å². The number of benzene rings is 3. The average Bonchev–Trinajstić information content (AvgIpc) is 3.70. The molecular weight excluding hydrogens is 464 g/mol. The zero-order valence-corrected chi connectivity index (χ0v) is 21.4. The van der Waals surface area contributed by atoms with Gasteiger partial charge in [-0.15, -0.1) is 0 Å². The molecule has 0 bridgehead atoms. The molecule has 0 aliphatic heterocycles. The number of allylic oxidation sites excluding steroid dienone is 12. The van der Waals surface area contributed by atoms with E-state index in [0.717, 1.165) is 11.1 Å². The number of carbonyl (C=O) groups is 2. The highest BCUT2D eigenvalue weighted by Crippen LogP contribution is 2.40. The van der Waals surface area contributed by atoms with Gasteiger partial charge in [-0.25, -0.2) is 0 Å². The van der Waals surface area contributed by atoms with E-state index in [1.54, 1.807) is 0 Å². The van der Waals surface area contributed by atoms with Gasteiger partial charge in [-0.05, 0) is 18.1 Å². The van der Waals surface area contributed by atoms with Crippen LogP contribution in [0.25, 0.3) is 5.57 Å². The van der Waals surface area contributed by atoms with Crippen LogP contribution in [-0.2, 0) is 0 Å². The summed E-state index contributed by atoms with van der Waals surface area (Å²) in [5, 5.41) is 0. The maximum absolute atomic E-state index is 14.4. The average molecular weight is 495 g/mol. The van der Waals surface area contributed by atoms with Gasteiger partial charge in [-0.1, -0.05) is 146 Å². The molecule has 38 heavy (non-hydrogen) atoms. The van der Waals surface area contributed by atoms with E-state index in [2.05, 4.69) is 24.3 Å². The van der Waals surface area contributed by atoms with Gasteiger partial charge >= 0.3 is 0 Å². The van der Waals surface area contributed by atoms with E-state index in [1.807, 2.05) is 128 Å². The SMILES string of the molecule is C/C(=C(/C(=O)c1ccccc1)C(/C(=C/C1C=CC=C1)C(=O)c1ccccc1)C1C=CC=C1)c1ccccc1. The summed E-state index contributed by atoms with van der Waals surface area (Å²) < 4.78 is 0. The van der Waals surface area contributed by atoms with Crippen LogP contribution in [0.3, 0.4) is 0 Å². The van der Waals surface area contributed by atoms with Crippen LogP contribution in [0.1, 0.15) is 33.2 Å². The standard InChI is InChI=1S/C36H30O2/c1-26(28-17-5-2-6-18-28)33(36(38)31-23-9-4-10-24-31)34(29-19-13-14-20-29)32(25-27-15-11-12-16-27)35(37)30-21-7-3-8-22-30/h2-25,27,29,34H,1H3/b32-25-,33-26-. The zero-order valence-electron chi connectivity index (χ0n) is 21.4. The smallest absolute Gasteiger partial charge is 0.189 e. The Morgan fingerprint density at radius 1 is 0.605 bits per heavy atom. The summed E-state index contributed by atoms with van der Waals surface area (Å²) >= 11 is 0. The molecule has 0 saturated carbocycles. The van der Waals surface area contributed by atoms with Crippen LogP contribution in [-0.4, -0.2) is 11.6 Å². The first-order valence-electron chi connectivity index (χ1n) is 13.0. The molecular formula is C36H30O2. The van der Waals surface area contributed by atoms with Crippen molar-refractivity contribution in [3.8, 4) is 0 Å². The summed E-state index contributed by atoms with van der Waals surface area (Å²) in [6.45, 7) is 2.00. The molecule has 0 heterocycles. The van der Waals surface area contributed by atoms with E-state index in [0.29, 0.717) is 22.3 Å². The minimum Gasteiger partial charge on any atom is -0.289 e. The lowest BCUT2D eigenvalue weighted by Gasteiger charge is -2.29. The highest BCUT2D eigenvalue weighted by molar-refractivity contribution is 6.17. The van der Waals surface area contributed by atoms with Crippen LogP contribution in [0.4, 0.5) is 0 Å². The molecule has 186 valence electrons. The first-order valence-corrected chi connectivity index (χ1v) is 13.0. The number of hydrogen-bond acceptors (Lipinski definition) is 2. The maximum Gasteiger partial charge on any atom is 0.189 e. The molecule has 2 aliphatic rings. The lowest BCUT2D eigenvalue weighted by Crippen LogP contribution is -2.27. The molecule has 0 amide bonds. The van der Waals surface area contributed by atoms with Crippen LogP contribution in [0.15, 0.2) is 157 Å². The Hall–Kier alpha value is -4.56. The summed E-state index contributed by atoms with van der Waals surface area (Å²) in [6, 6.07) is 28.7. The van der Waals surface area contributed by atoms with Crippen molar-refractivity contribution in [3.05, 3.63) is 174 Å². The molecule has 2 heteroatoms. The van der Waals surface area contributed by atoms with Gasteiger partial charge in [0.05, 0.1) is 0 Å². The lowest BCUT2D eigenvalue weighted by molar-refractivity contribution is 0.100. The van der Waals surface area contributed by atoms with Crippen molar-refractivity contribution in [3.63, 3.8) is 0 Å². The van der Waals surface area contributed by atoms with Crippen molar-refractivity contribution in [2.45, 2.75) is 6.92 Å². The quantitative estimate of drug-likeness (QED) is 0.222. The fourth-order valence-electron chi connectivity index (χ4n) is 5.20. The van der Waals surface area contributed by atoms with Crippen LogP contribution in [0.2, 0.25) is 0 Å². The van der Waals surface area contributed by atoms with E-state index in [4.69, 9.17) is 0 Å². The molecule has 1 atom stereocenters. The molecule has 5 rings (SSSR count). The van der Waals surface area contributed by atoms with Crippen LogP contribution >= 0.6 is 0 Å². The van der Waals surface area contributed by atoms with Gasteiger partial charge in [0.25, 0.3) is 0 Å². The highest BCUT2D eigenvalue weighted by Gasteiger charge is 2.36. The third-order valence-corrected chi connectivity index (χ3v) is 7.15.